The molecule has 1 aromatic heterocycles. The lowest BCUT2D eigenvalue weighted by Gasteiger charge is -2.53. The van der Waals surface area contributed by atoms with Gasteiger partial charge in [0.05, 0.1) is 18.0 Å². The average molecular weight is 248 g/mol. The minimum atomic E-state index is 0.237. The van der Waals surface area contributed by atoms with Crippen LogP contribution in [0.2, 0.25) is 0 Å². The Morgan fingerprint density at radius 3 is 2.78 bits per heavy atom. The van der Waals surface area contributed by atoms with Gasteiger partial charge in [0.1, 0.15) is 0 Å². The molecule has 0 saturated heterocycles. The van der Waals surface area contributed by atoms with Gasteiger partial charge in [-0.3, -0.25) is 4.98 Å². The third-order valence-corrected chi connectivity index (χ3v) is 4.36. The fraction of sp³-hybridized carbons (Fsp3) is 0.667. The third-order valence-electron chi connectivity index (χ3n) is 4.36. The zero-order valence-corrected chi connectivity index (χ0v) is 11.9. The summed E-state index contributed by atoms with van der Waals surface area (Å²) < 4.78 is 5.82. The number of aryl methyl sites for hydroxylation is 1. The van der Waals surface area contributed by atoms with E-state index in [0.29, 0.717) is 12.1 Å². The van der Waals surface area contributed by atoms with Crippen LogP contribution in [-0.2, 0) is 4.74 Å². The Balaban J connectivity index is 2.00. The molecular weight excluding hydrogens is 224 g/mol. The Bertz CT molecular complexity index is 390. The van der Waals surface area contributed by atoms with Gasteiger partial charge in [0, 0.05) is 23.8 Å². The van der Waals surface area contributed by atoms with Crippen LogP contribution in [0.15, 0.2) is 18.3 Å². The highest BCUT2D eigenvalue weighted by atomic mass is 16.5. The Labute approximate surface area is 110 Å². The highest BCUT2D eigenvalue weighted by molar-refractivity contribution is 5.43. The summed E-state index contributed by atoms with van der Waals surface area (Å²) in [6.45, 7) is 9.44. The Morgan fingerprint density at radius 1 is 1.44 bits per heavy atom. The highest BCUT2D eigenvalue weighted by Gasteiger charge is 2.51. The molecule has 1 fully saturated rings. The van der Waals surface area contributed by atoms with Crippen molar-refractivity contribution in [2.24, 2.45) is 5.41 Å². The summed E-state index contributed by atoms with van der Waals surface area (Å²) in [6, 6.07) is 4.64. The number of anilines is 1. The third kappa shape index (κ3) is 2.37. The van der Waals surface area contributed by atoms with Gasteiger partial charge in [-0.1, -0.05) is 13.8 Å². The summed E-state index contributed by atoms with van der Waals surface area (Å²) in [7, 11) is 0. The predicted molar refractivity (Wildman–Crippen MR) is 74.8 cm³/mol. The van der Waals surface area contributed by atoms with Crippen LogP contribution in [0.4, 0.5) is 5.69 Å². The lowest BCUT2D eigenvalue weighted by atomic mass is 9.61. The number of aromatic nitrogens is 1. The van der Waals surface area contributed by atoms with Gasteiger partial charge < -0.3 is 10.1 Å². The fourth-order valence-corrected chi connectivity index (χ4v) is 2.73. The molecule has 1 saturated carbocycles. The zero-order valence-electron chi connectivity index (χ0n) is 11.9. The number of ether oxygens (including phenoxy) is 1. The molecule has 0 aliphatic heterocycles. The van der Waals surface area contributed by atoms with E-state index in [9.17, 15) is 0 Å². The van der Waals surface area contributed by atoms with Crippen molar-refractivity contribution in [3.8, 4) is 0 Å². The van der Waals surface area contributed by atoms with Crippen molar-refractivity contribution >= 4 is 5.69 Å². The second kappa shape index (κ2) is 5.27. The van der Waals surface area contributed by atoms with E-state index < -0.39 is 0 Å². The van der Waals surface area contributed by atoms with E-state index >= 15 is 0 Å². The molecule has 3 heteroatoms. The van der Waals surface area contributed by atoms with E-state index in [1.807, 2.05) is 19.2 Å². The second-order valence-corrected chi connectivity index (χ2v) is 5.42. The van der Waals surface area contributed by atoms with Gasteiger partial charge in [0.2, 0.25) is 0 Å². The molecular formula is C15H24N2O. The SMILES string of the molecule is CCOC1CC(Nc2ccc(C)nc2)C1(C)CC. The van der Waals surface area contributed by atoms with E-state index in [1.54, 1.807) is 0 Å². The van der Waals surface area contributed by atoms with Gasteiger partial charge in [0.15, 0.2) is 0 Å². The molecule has 2 rings (SSSR count). The fourth-order valence-electron chi connectivity index (χ4n) is 2.73. The number of pyridine rings is 1. The van der Waals surface area contributed by atoms with Crippen LogP contribution in [0.25, 0.3) is 0 Å². The van der Waals surface area contributed by atoms with Crippen LogP contribution in [0, 0.1) is 12.3 Å². The minimum Gasteiger partial charge on any atom is -0.380 e. The summed E-state index contributed by atoms with van der Waals surface area (Å²) in [5, 5.41) is 3.59. The Hall–Kier alpha value is -1.09. The summed E-state index contributed by atoms with van der Waals surface area (Å²) in [5.41, 5.74) is 2.40. The molecule has 1 aliphatic rings. The van der Waals surface area contributed by atoms with Gasteiger partial charge >= 0.3 is 0 Å². The van der Waals surface area contributed by atoms with Crippen molar-refractivity contribution in [1.29, 1.82) is 0 Å². The molecule has 1 N–H and O–H groups in total. The van der Waals surface area contributed by atoms with E-state index in [2.05, 4.69) is 37.1 Å². The van der Waals surface area contributed by atoms with Gasteiger partial charge in [0.25, 0.3) is 0 Å². The highest BCUT2D eigenvalue weighted by Crippen LogP contribution is 2.47. The van der Waals surface area contributed by atoms with Crippen LogP contribution in [0.1, 0.15) is 39.3 Å². The van der Waals surface area contributed by atoms with E-state index in [1.165, 1.54) is 0 Å². The van der Waals surface area contributed by atoms with Crippen molar-refractivity contribution in [3.05, 3.63) is 24.0 Å². The van der Waals surface area contributed by atoms with Crippen LogP contribution >= 0.6 is 0 Å². The quantitative estimate of drug-likeness (QED) is 0.867. The van der Waals surface area contributed by atoms with E-state index in [4.69, 9.17) is 4.74 Å². The molecule has 3 atom stereocenters. The molecule has 1 aliphatic carbocycles. The normalized spacial score (nSPS) is 30.9. The van der Waals surface area contributed by atoms with Crippen molar-refractivity contribution in [3.63, 3.8) is 0 Å². The molecule has 0 aromatic carbocycles. The standard InChI is InChI=1S/C15H24N2O/c1-5-15(4)13(9-14(15)18-6-2)17-12-8-7-11(3)16-10-12/h7-8,10,13-14,17H,5-6,9H2,1-4H3. The van der Waals surface area contributed by atoms with Crippen LogP contribution in [0.3, 0.4) is 0 Å². The van der Waals surface area contributed by atoms with Crippen molar-refractivity contribution < 1.29 is 4.74 Å². The number of hydrogen-bond donors (Lipinski definition) is 1. The number of hydrogen-bond acceptors (Lipinski definition) is 3. The van der Waals surface area contributed by atoms with Crippen molar-refractivity contribution in [1.82, 2.24) is 4.98 Å². The maximum atomic E-state index is 5.82. The molecule has 100 valence electrons. The molecule has 0 amide bonds. The first-order valence-corrected chi connectivity index (χ1v) is 6.91. The van der Waals surface area contributed by atoms with Crippen LogP contribution in [0.5, 0.6) is 0 Å². The Morgan fingerprint density at radius 2 is 2.22 bits per heavy atom. The van der Waals surface area contributed by atoms with Gasteiger partial charge in [-0.15, -0.1) is 0 Å². The molecule has 0 bridgehead atoms. The monoisotopic (exact) mass is 248 g/mol. The second-order valence-electron chi connectivity index (χ2n) is 5.42. The average Bonchev–Trinajstić information content (AvgIpc) is 2.39. The summed E-state index contributed by atoms with van der Waals surface area (Å²) >= 11 is 0. The molecule has 18 heavy (non-hydrogen) atoms. The van der Waals surface area contributed by atoms with E-state index in [0.717, 1.165) is 30.8 Å². The molecule has 0 radical (unpaired) electrons. The first kappa shape index (κ1) is 13.3. The topological polar surface area (TPSA) is 34.1 Å². The summed E-state index contributed by atoms with van der Waals surface area (Å²) in [4.78, 5) is 4.33. The zero-order chi connectivity index (χ0) is 13.2. The smallest absolute Gasteiger partial charge is 0.0667 e. The Kier molecular flexibility index (Phi) is 3.91. The van der Waals surface area contributed by atoms with Crippen LogP contribution in [-0.4, -0.2) is 23.7 Å². The maximum absolute atomic E-state index is 5.82. The predicted octanol–water partition coefficient (Wildman–Crippen LogP) is 3.40. The van der Waals surface area contributed by atoms with Crippen molar-refractivity contribution in [2.45, 2.75) is 52.7 Å². The summed E-state index contributed by atoms with van der Waals surface area (Å²) in [5.74, 6) is 0. The largest absolute Gasteiger partial charge is 0.380 e. The summed E-state index contributed by atoms with van der Waals surface area (Å²) in [6.07, 6.45) is 4.53. The van der Waals surface area contributed by atoms with Gasteiger partial charge in [-0.2, -0.15) is 0 Å². The lowest BCUT2D eigenvalue weighted by molar-refractivity contribution is -0.109. The van der Waals surface area contributed by atoms with Crippen molar-refractivity contribution in [2.75, 3.05) is 11.9 Å². The molecule has 1 heterocycles. The molecule has 0 spiro atoms. The number of rotatable bonds is 5. The molecule has 1 aromatic rings. The lowest BCUT2D eigenvalue weighted by Crippen LogP contribution is -2.59. The van der Waals surface area contributed by atoms with Gasteiger partial charge in [-0.25, -0.2) is 0 Å². The first-order valence-electron chi connectivity index (χ1n) is 6.91. The molecule has 3 unspecified atom stereocenters. The van der Waals surface area contributed by atoms with Gasteiger partial charge in [-0.05, 0) is 38.8 Å². The molecule has 3 nitrogen and oxygen atoms in total. The number of nitrogens with zero attached hydrogens (tertiary/aromatic N) is 1. The van der Waals surface area contributed by atoms with E-state index in [-0.39, 0.29) is 5.41 Å². The number of nitrogens with one attached hydrogen (secondary N) is 1. The first-order chi connectivity index (χ1) is 8.60. The van der Waals surface area contributed by atoms with Crippen LogP contribution < -0.4 is 5.32 Å². The maximum Gasteiger partial charge on any atom is 0.0667 e. The minimum absolute atomic E-state index is 0.237.